The van der Waals surface area contributed by atoms with Gasteiger partial charge in [0, 0.05) is 22.7 Å². The maximum Gasteiger partial charge on any atom is 0.273 e. The average Bonchev–Trinajstić information content (AvgIpc) is 3.29. The molecule has 0 saturated heterocycles. The van der Waals surface area contributed by atoms with Crippen LogP contribution in [-0.4, -0.2) is 46.9 Å². The molecule has 1 atom stereocenters. The minimum absolute atomic E-state index is 0.0226. The van der Waals surface area contributed by atoms with Gasteiger partial charge >= 0.3 is 0 Å². The van der Waals surface area contributed by atoms with Gasteiger partial charge < -0.3 is 19.5 Å². The van der Waals surface area contributed by atoms with E-state index in [1.54, 1.807) is 43.4 Å². The van der Waals surface area contributed by atoms with Crippen LogP contribution in [0.5, 0.6) is 17.2 Å². The Bertz CT molecular complexity index is 1140. The highest BCUT2D eigenvalue weighted by atomic mass is 35.5. The number of benzene rings is 2. The predicted octanol–water partition coefficient (Wildman–Crippen LogP) is 4.18. The third kappa shape index (κ3) is 3.07. The van der Waals surface area contributed by atoms with Crippen molar-refractivity contribution in [3.8, 4) is 28.5 Å². The van der Waals surface area contributed by atoms with Crippen molar-refractivity contribution in [3.63, 3.8) is 0 Å². The van der Waals surface area contributed by atoms with Crippen LogP contribution in [0.25, 0.3) is 11.3 Å². The summed E-state index contributed by atoms with van der Waals surface area (Å²) in [6.45, 7) is 4.11. The number of nitrogens with one attached hydrogen (secondary N) is 1. The molecule has 0 saturated carbocycles. The van der Waals surface area contributed by atoms with E-state index >= 15 is 0 Å². The Kier molecular flexibility index (Phi) is 5.13. The maximum absolute atomic E-state index is 13.1. The van der Waals surface area contributed by atoms with Crippen LogP contribution < -0.4 is 9.47 Å². The molecular weight excluding hydrogens is 406 g/mol. The molecule has 2 N–H and O–H groups in total. The summed E-state index contributed by atoms with van der Waals surface area (Å²) in [5.41, 5.74) is 2.74. The Morgan fingerprint density at radius 1 is 1.23 bits per heavy atom. The number of carbonyl (C=O) groups is 1. The number of carbonyl (C=O) groups excluding carboxylic acids is 1. The number of halogens is 1. The molecule has 0 bridgehead atoms. The summed E-state index contributed by atoms with van der Waals surface area (Å²) in [4.78, 5) is 14.8. The van der Waals surface area contributed by atoms with Crippen LogP contribution in [0.1, 0.15) is 27.7 Å². The quantitative estimate of drug-likeness (QED) is 0.578. The monoisotopic (exact) mass is 425 g/mol. The molecular formula is C22H20ClN3O4. The molecule has 0 aliphatic carbocycles. The van der Waals surface area contributed by atoms with E-state index in [9.17, 15) is 9.90 Å². The van der Waals surface area contributed by atoms with Crippen molar-refractivity contribution in [3.05, 3.63) is 70.9 Å². The van der Waals surface area contributed by atoms with Gasteiger partial charge in [-0.2, -0.15) is 5.10 Å². The number of aromatic amines is 1. The van der Waals surface area contributed by atoms with Crippen LogP contribution in [0.4, 0.5) is 0 Å². The average molecular weight is 426 g/mol. The van der Waals surface area contributed by atoms with E-state index in [2.05, 4.69) is 16.8 Å². The number of phenolic OH excluding ortho intramolecular Hbond substituents is 1. The molecule has 0 spiro atoms. The molecule has 2 aromatic carbocycles. The number of hydrogen-bond acceptors (Lipinski definition) is 5. The van der Waals surface area contributed by atoms with Gasteiger partial charge in [-0.15, -0.1) is 6.58 Å². The fourth-order valence-electron chi connectivity index (χ4n) is 3.80. The lowest BCUT2D eigenvalue weighted by Gasteiger charge is -2.25. The van der Waals surface area contributed by atoms with E-state index in [0.717, 1.165) is 5.56 Å². The van der Waals surface area contributed by atoms with Gasteiger partial charge in [-0.25, -0.2) is 0 Å². The Labute approximate surface area is 178 Å². The molecule has 3 aromatic rings. The first-order valence-electron chi connectivity index (χ1n) is 9.21. The standard InChI is InChI=1S/C22H20ClN3O4/c1-4-9-26-21(12-5-8-16(29-2)17(10-12)30-3)18-19(24-25-20(18)22(26)28)14-11-13(23)6-7-15(14)27/h4-8,10-11,21,27H,1,9H2,2-3H3,(H,24,25). The molecule has 0 fully saturated rings. The third-order valence-corrected chi connectivity index (χ3v) is 5.36. The number of H-pyrrole nitrogens is 1. The number of amides is 1. The molecule has 0 radical (unpaired) electrons. The molecule has 4 rings (SSSR count). The first-order valence-corrected chi connectivity index (χ1v) is 9.58. The summed E-state index contributed by atoms with van der Waals surface area (Å²) in [5.74, 6) is 0.949. The number of methoxy groups -OCH3 is 2. The van der Waals surface area contributed by atoms with Crippen molar-refractivity contribution < 1.29 is 19.4 Å². The van der Waals surface area contributed by atoms with Crippen LogP contribution in [0.3, 0.4) is 0 Å². The lowest BCUT2D eigenvalue weighted by molar-refractivity contribution is 0.0764. The Morgan fingerprint density at radius 2 is 2.00 bits per heavy atom. The van der Waals surface area contributed by atoms with Gasteiger partial charge in [-0.1, -0.05) is 23.7 Å². The fourth-order valence-corrected chi connectivity index (χ4v) is 3.97. The summed E-state index contributed by atoms with van der Waals surface area (Å²) in [6, 6.07) is 9.75. The zero-order valence-corrected chi connectivity index (χ0v) is 17.2. The van der Waals surface area contributed by atoms with Crippen LogP contribution in [-0.2, 0) is 0 Å². The molecule has 7 nitrogen and oxygen atoms in total. The number of rotatable bonds is 6. The van der Waals surface area contributed by atoms with Crippen molar-refractivity contribution in [1.82, 2.24) is 15.1 Å². The van der Waals surface area contributed by atoms with Crippen molar-refractivity contribution in [2.75, 3.05) is 20.8 Å². The second-order valence-corrected chi connectivity index (χ2v) is 7.22. The Balaban J connectivity index is 1.93. The molecule has 1 unspecified atom stereocenters. The second-order valence-electron chi connectivity index (χ2n) is 6.79. The lowest BCUT2D eigenvalue weighted by atomic mass is 9.95. The van der Waals surface area contributed by atoms with Gasteiger partial charge in [0.25, 0.3) is 5.91 Å². The smallest absolute Gasteiger partial charge is 0.273 e. The highest BCUT2D eigenvalue weighted by molar-refractivity contribution is 6.31. The molecule has 1 aliphatic heterocycles. The summed E-state index contributed by atoms with van der Waals surface area (Å²) >= 11 is 6.15. The molecule has 30 heavy (non-hydrogen) atoms. The topological polar surface area (TPSA) is 87.7 Å². The summed E-state index contributed by atoms with van der Waals surface area (Å²) < 4.78 is 10.8. The molecule has 1 aromatic heterocycles. The third-order valence-electron chi connectivity index (χ3n) is 5.13. The number of nitrogens with zero attached hydrogens (tertiary/aromatic N) is 2. The van der Waals surface area contributed by atoms with Crippen LogP contribution >= 0.6 is 11.6 Å². The van der Waals surface area contributed by atoms with Gasteiger partial charge in [0.2, 0.25) is 0 Å². The van der Waals surface area contributed by atoms with Crippen LogP contribution in [0, 0.1) is 0 Å². The normalized spacial score (nSPS) is 15.2. The van der Waals surface area contributed by atoms with Crippen LogP contribution in [0.2, 0.25) is 5.02 Å². The van der Waals surface area contributed by atoms with Gasteiger partial charge in [-0.05, 0) is 35.9 Å². The largest absolute Gasteiger partial charge is 0.507 e. The van der Waals surface area contributed by atoms with Crippen molar-refractivity contribution >= 4 is 17.5 Å². The van der Waals surface area contributed by atoms with Crippen molar-refractivity contribution in [2.45, 2.75) is 6.04 Å². The predicted molar refractivity (Wildman–Crippen MR) is 113 cm³/mol. The van der Waals surface area contributed by atoms with E-state index in [0.29, 0.717) is 45.6 Å². The zero-order chi connectivity index (χ0) is 21.4. The molecule has 8 heteroatoms. The van der Waals surface area contributed by atoms with E-state index in [-0.39, 0.29) is 11.7 Å². The molecule has 1 aliphatic rings. The maximum atomic E-state index is 13.1. The number of ether oxygens (including phenoxy) is 2. The Hall–Kier alpha value is -3.45. The van der Waals surface area contributed by atoms with E-state index in [4.69, 9.17) is 21.1 Å². The highest BCUT2D eigenvalue weighted by Crippen LogP contribution is 2.46. The molecule has 2 heterocycles. The van der Waals surface area contributed by atoms with Gasteiger partial charge in [0.05, 0.1) is 20.3 Å². The summed E-state index contributed by atoms with van der Waals surface area (Å²) in [6.07, 6.45) is 1.67. The molecule has 154 valence electrons. The minimum Gasteiger partial charge on any atom is -0.507 e. The number of aromatic hydroxyl groups is 1. The second kappa shape index (κ2) is 7.76. The van der Waals surface area contributed by atoms with E-state index in [1.807, 2.05) is 12.1 Å². The fraction of sp³-hybridized carbons (Fsp3) is 0.182. The summed E-state index contributed by atoms with van der Waals surface area (Å²) in [7, 11) is 3.12. The number of phenols is 1. The highest BCUT2D eigenvalue weighted by Gasteiger charge is 2.42. The van der Waals surface area contributed by atoms with Crippen molar-refractivity contribution in [1.29, 1.82) is 0 Å². The summed E-state index contributed by atoms with van der Waals surface area (Å²) in [5, 5.41) is 18.0. The van der Waals surface area contributed by atoms with Gasteiger partial charge in [0.1, 0.15) is 17.1 Å². The van der Waals surface area contributed by atoms with Gasteiger partial charge in [-0.3, -0.25) is 9.89 Å². The lowest BCUT2D eigenvalue weighted by Crippen LogP contribution is -2.29. The minimum atomic E-state index is -0.461. The van der Waals surface area contributed by atoms with E-state index < -0.39 is 6.04 Å². The SMILES string of the molecule is C=CCN1C(=O)c2[nH]nc(-c3cc(Cl)ccc3O)c2C1c1ccc(OC)c(OC)c1. The first-order chi connectivity index (χ1) is 14.5. The number of hydrogen-bond donors (Lipinski definition) is 2. The zero-order valence-electron chi connectivity index (χ0n) is 16.5. The van der Waals surface area contributed by atoms with Crippen molar-refractivity contribution in [2.24, 2.45) is 0 Å². The number of fused-ring (bicyclic) bond motifs is 1. The molecule has 1 amide bonds. The van der Waals surface area contributed by atoms with Gasteiger partial charge in [0.15, 0.2) is 11.5 Å². The van der Waals surface area contributed by atoms with E-state index in [1.165, 1.54) is 6.07 Å². The first kappa shape index (κ1) is 19.8. The van der Waals surface area contributed by atoms with Crippen LogP contribution in [0.15, 0.2) is 49.1 Å². The Morgan fingerprint density at radius 3 is 2.70 bits per heavy atom. The number of aromatic nitrogens is 2.